The van der Waals surface area contributed by atoms with Crippen LogP contribution in [0.4, 0.5) is 11.4 Å². The maximum absolute atomic E-state index is 12.5. The van der Waals surface area contributed by atoms with Crippen LogP contribution >= 0.6 is 11.3 Å². The predicted octanol–water partition coefficient (Wildman–Crippen LogP) is 4.22. The fourth-order valence-electron chi connectivity index (χ4n) is 2.62. The molecular formula is C18H12N4O3S. The van der Waals surface area contributed by atoms with Gasteiger partial charge in [0.25, 0.3) is 11.6 Å². The molecule has 0 saturated heterocycles. The largest absolute Gasteiger partial charge is 0.315 e. The van der Waals surface area contributed by atoms with E-state index < -0.39 is 10.8 Å². The minimum atomic E-state index is -0.516. The lowest BCUT2D eigenvalue weighted by molar-refractivity contribution is -0.383. The zero-order valence-corrected chi connectivity index (χ0v) is 14.1. The van der Waals surface area contributed by atoms with Gasteiger partial charge in [0.05, 0.1) is 4.92 Å². The van der Waals surface area contributed by atoms with Crippen molar-refractivity contribution in [2.45, 2.75) is 0 Å². The van der Waals surface area contributed by atoms with E-state index in [0.29, 0.717) is 5.65 Å². The maximum atomic E-state index is 12.5. The Balaban J connectivity index is 1.70. The highest BCUT2D eigenvalue weighted by Gasteiger charge is 2.19. The Morgan fingerprint density at radius 3 is 2.81 bits per heavy atom. The zero-order valence-electron chi connectivity index (χ0n) is 13.3. The average Bonchev–Trinajstić information content (AvgIpc) is 3.31. The predicted molar refractivity (Wildman–Crippen MR) is 99.6 cm³/mol. The lowest BCUT2D eigenvalue weighted by Gasteiger charge is -2.06. The van der Waals surface area contributed by atoms with Crippen molar-refractivity contribution in [3.63, 3.8) is 0 Å². The summed E-state index contributed by atoms with van der Waals surface area (Å²) in [4.78, 5) is 28.5. The van der Waals surface area contributed by atoms with Gasteiger partial charge in [-0.25, -0.2) is 4.98 Å². The minimum Gasteiger partial charge on any atom is -0.315 e. The Kier molecular flexibility index (Phi) is 3.94. The first-order valence-corrected chi connectivity index (χ1v) is 8.57. The number of nitro groups is 1. The molecule has 0 aliphatic carbocycles. The molecule has 0 bridgehead atoms. The number of imidazole rings is 1. The Morgan fingerprint density at radius 2 is 2.08 bits per heavy atom. The number of benzene rings is 1. The molecule has 0 aliphatic heterocycles. The number of rotatable bonds is 4. The van der Waals surface area contributed by atoms with Crippen molar-refractivity contribution < 1.29 is 9.72 Å². The number of fused-ring (bicyclic) bond motifs is 1. The molecule has 0 fully saturated rings. The molecule has 128 valence electrons. The van der Waals surface area contributed by atoms with Crippen LogP contribution in [0.3, 0.4) is 0 Å². The van der Waals surface area contributed by atoms with Crippen molar-refractivity contribution in [2.24, 2.45) is 0 Å². The molecule has 4 rings (SSSR count). The normalized spacial score (nSPS) is 10.8. The van der Waals surface area contributed by atoms with Crippen LogP contribution in [0.5, 0.6) is 0 Å². The molecule has 1 N–H and O–H groups in total. The van der Waals surface area contributed by atoms with Crippen molar-refractivity contribution in [3.05, 3.63) is 82.1 Å². The van der Waals surface area contributed by atoms with Crippen molar-refractivity contribution in [2.75, 3.05) is 5.32 Å². The van der Waals surface area contributed by atoms with Gasteiger partial charge in [0, 0.05) is 23.3 Å². The highest BCUT2D eigenvalue weighted by molar-refractivity contribution is 7.13. The number of nitrogens with one attached hydrogen (secondary N) is 1. The Labute approximate surface area is 151 Å². The maximum Gasteiger partial charge on any atom is 0.292 e. The van der Waals surface area contributed by atoms with E-state index in [1.807, 2.05) is 29.6 Å². The monoisotopic (exact) mass is 364 g/mol. The summed E-state index contributed by atoms with van der Waals surface area (Å²) >= 11 is 1.52. The number of carbonyl (C=O) groups is 1. The molecule has 1 aromatic carbocycles. The summed E-state index contributed by atoms with van der Waals surface area (Å²) in [6.45, 7) is 0. The van der Waals surface area contributed by atoms with Crippen LogP contribution in [0.25, 0.3) is 16.1 Å². The second kappa shape index (κ2) is 6.41. The average molecular weight is 364 g/mol. The number of hydrogen-bond donors (Lipinski definition) is 1. The molecule has 1 amide bonds. The number of nitro benzene ring substituents is 1. The molecule has 0 saturated carbocycles. The number of thiophene rings is 1. The second-order valence-corrected chi connectivity index (χ2v) is 6.46. The smallest absolute Gasteiger partial charge is 0.292 e. The van der Waals surface area contributed by atoms with E-state index in [2.05, 4.69) is 10.3 Å². The third-order valence-electron chi connectivity index (χ3n) is 3.84. The summed E-state index contributed by atoms with van der Waals surface area (Å²) in [5, 5.41) is 15.9. The van der Waals surface area contributed by atoms with E-state index >= 15 is 0 Å². The summed E-state index contributed by atoms with van der Waals surface area (Å²) in [7, 11) is 0. The molecule has 4 aromatic rings. The van der Waals surface area contributed by atoms with E-state index in [1.165, 1.54) is 17.4 Å². The fraction of sp³-hybridized carbons (Fsp3) is 0. The summed E-state index contributed by atoms with van der Waals surface area (Å²) < 4.78 is 1.71. The number of aromatic nitrogens is 2. The fourth-order valence-corrected chi connectivity index (χ4v) is 3.35. The molecule has 3 aromatic heterocycles. The number of hydrogen-bond acceptors (Lipinski definition) is 5. The SMILES string of the molecule is O=C(Nc1cc(-c2cccs2)ccc1[N+](=O)[O-])c1cn2ccccc2n1. The quantitative estimate of drug-likeness (QED) is 0.433. The van der Waals surface area contributed by atoms with Crippen LogP contribution in [0.2, 0.25) is 0 Å². The molecule has 3 heterocycles. The summed E-state index contributed by atoms with van der Waals surface area (Å²) in [5.74, 6) is -0.500. The van der Waals surface area contributed by atoms with Gasteiger partial charge in [0.15, 0.2) is 0 Å². The van der Waals surface area contributed by atoms with E-state index in [1.54, 1.807) is 35.0 Å². The molecule has 8 heteroatoms. The van der Waals surface area contributed by atoms with Crippen LogP contribution in [-0.4, -0.2) is 20.2 Å². The second-order valence-electron chi connectivity index (χ2n) is 5.51. The molecule has 0 radical (unpaired) electrons. The summed E-state index contributed by atoms with van der Waals surface area (Å²) in [5.41, 5.74) is 1.59. The Morgan fingerprint density at radius 1 is 1.19 bits per heavy atom. The molecule has 0 spiro atoms. The van der Waals surface area contributed by atoms with Crippen LogP contribution in [0.15, 0.2) is 66.3 Å². The molecular weight excluding hydrogens is 352 g/mol. The van der Waals surface area contributed by atoms with Crippen LogP contribution in [-0.2, 0) is 0 Å². The van der Waals surface area contributed by atoms with Crippen molar-refractivity contribution >= 4 is 34.3 Å². The van der Waals surface area contributed by atoms with E-state index in [-0.39, 0.29) is 17.1 Å². The number of nitrogens with zero attached hydrogens (tertiary/aromatic N) is 3. The Hall–Kier alpha value is -3.52. The number of anilines is 1. The number of carbonyl (C=O) groups excluding carboxylic acids is 1. The molecule has 26 heavy (non-hydrogen) atoms. The molecule has 0 aliphatic rings. The first-order chi connectivity index (χ1) is 12.6. The van der Waals surface area contributed by atoms with Crippen LogP contribution in [0.1, 0.15) is 10.5 Å². The van der Waals surface area contributed by atoms with Crippen LogP contribution in [0, 0.1) is 10.1 Å². The van der Waals surface area contributed by atoms with Gasteiger partial charge in [0.2, 0.25) is 0 Å². The van der Waals surface area contributed by atoms with Gasteiger partial charge in [-0.15, -0.1) is 11.3 Å². The summed E-state index contributed by atoms with van der Waals surface area (Å²) in [6, 6.07) is 13.9. The van der Waals surface area contributed by atoms with Crippen LogP contribution < -0.4 is 5.32 Å². The number of pyridine rings is 1. The van der Waals surface area contributed by atoms with Gasteiger partial charge in [-0.3, -0.25) is 14.9 Å². The molecule has 0 atom stereocenters. The van der Waals surface area contributed by atoms with E-state index in [9.17, 15) is 14.9 Å². The highest BCUT2D eigenvalue weighted by atomic mass is 32.1. The van der Waals surface area contributed by atoms with Gasteiger partial charge in [0.1, 0.15) is 17.0 Å². The first-order valence-electron chi connectivity index (χ1n) is 7.69. The number of amides is 1. The Bertz CT molecular complexity index is 1090. The summed E-state index contributed by atoms with van der Waals surface area (Å²) in [6.07, 6.45) is 3.36. The van der Waals surface area contributed by atoms with Gasteiger partial charge in [-0.2, -0.15) is 0 Å². The van der Waals surface area contributed by atoms with Gasteiger partial charge < -0.3 is 9.72 Å². The lowest BCUT2D eigenvalue weighted by Crippen LogP contribution is -2.13. The third-order valence-corrected chi connectivity index (χ3v) is 4.76. The zero-order chi connectivity index (χ0) is 18.1. The molecule has 0 unspecified atom stereocenters. The lowest BCUT2D eigenvalue weighted by atomic mass is 10.1. The van der Waals surface area contributed by atoms with E-state index in [4.69, 9.17) is 0 Å². The standard InChI is InChI=1S/C18H12N4O3S/c23-18(14-11-21-8-2-1-5-17(21)19-14)20-13-10-12(16-4-3-9-26-16)6-7-15(13)22(24)25/h1-11H,(H,20,23). The minimum absolute atomic E-state index is 0.142. The van der Waals surface area contributed by atoms with E-state index in [0.717, 1.165) is 10.4 Å². The van der Waals surface area contributed by atoms with Gasteiger partial charge in [-0.05, 0) is 41.3 Å². The van der Waals surface area contributed by atoms with Gasteiger partial charge in [-0.1, -0.05) is 12.1 Å². The van der Waals surface area contributed by atoms with Crippen molar-refractivity contribution in [1.29, 1.82) is 0 Å². The first kappa shape index (κ1) is 16.0. The topological polar surface area (TPSA) is 89.5 Å². The van der Waals surface area contributed by atoms with Crippen molar-refractivity contribution in [1.82, 2.24) is 9.38 Å². The van der Waals surface area contributed by atoms with Crippen molar-refractivity contribution in [3.8, 4) is 10.4 Å². The highest BCUT2D eigenvalue weighted by Crippen LogP contribution is 2.32. The van der Waals surface area contributed by atoms with Gasteiger partial charge >= 0.3 is 0 Å². The third kappa shape index (κ3) is 2.93. The molecule has 7 nitrogen and oxygen atoms in total.